The second-order valence-electron chi connectivity index (χ2n) is 2.42. The maximum absolute atomic E-state index is 10.2. The molecule has 0 saturated carbocycles. The Balaban J connectivity index is 2.38. The second-order valence-corrected chi connectivity index (χ2v) is 3.52. The van der Waals surface area contributed by atoms with E-state index in [9.17, 15) is 4.79 Å². The molecule has 1 rings (SSSR count). The number of benzene rings is 1. The molecule has 1 aromatic rings. The monoisotopic (exact) mass is 181 g/mol. The molecule has 0 aliphatic rings. The second kappa shape index (κ2) is 4.95. The van der Waals surface area contributed by atoms with E-state index in [-0.39, 0.29) is 6.04 Å². The van der Waals surface area contributed by atoms with E-state index in [4.69, 9.17) is 5.73 Å². The molecule has 0 saturated heterocycles. The SMILES string of the molecule is NC(C=O)CSc1ccccc1. The summed E-state index contributed by atoms with van der Waals surface area (Å²) in [6.07, 6.45) is 0.774. The van der Waals surface area contributed by atoms with Crippen molar-refractivity contribution >= 4 is 18.0 Å². The van der Waals surface area contributed by atoms with E-state index in [1.165, 1.54) is 0 Å². The molecule has 1 unspecified atom stereocenters. The van der Waals surface area contributed by atoms with Gasteiger partial charge in [-0.2, -0.15) is 0 Å². The minimum Gasteiger partial charge on any atom is -0.321 e. The van der Waals surface area contributed by atoms with Gasteiger partial charge in [0.1, 0.15) is 6.29 Å². The fraction of sp³-hybridized carbons (Fsp3) is 0.222. The number of aldehydes is 1. The lowest BCUT2D eigenvalue weighted by Crippen LogP contribution is -2.23. The number of rotatable bonds is 4. The smallest absolute Gasteiger partial charge is 0.137 e. The number of carbonyl (C=O) groups is 1. The molecule has 0 radical (unpaired) electrons. The van der Waals surface area contributed by atoms with Gasteiger partial charge in [-0.05, 0) is 12.1 Å². The highest BCUT2D eigenvalue weighted by Gasteiger charge is 1.99. The molecule has 64 valence electrons. The molecule has 2 N–H and O–H groups in total. The van der Waals surface area contributed by atoms with Gasteiger partial charge in [0, 0.05) is 10.6 Å². The average Bonchev–Trinajstić information content (AvgIpc) is 2.16. The van der Waals surface area contributed by atoms with Gasteiger partial charge < -0.3 is 10.5 Å². The Morgan fingerprint density at radius 3 is 2.67 bits per heavy atom. The third kappa shape index (κ3) is 3.07. The van der Waals surface area contributed by atoms with Crippen molar-refractivity contribution in [1.82, 2.24) is 0 Å². The van der Waals surface area contributed by atoms with E-state index in [0.717, 1.165) is 11.2 Å². The van der Waals surface area contributed by atoms with Crippen LogP contribution in [-0.2, 0) is 4.79 Å². The first-order valence-corrected chi connectivity index (χ1v) is 4.70. The van der Waals surface area contributed by atoms with Crippen molar-refractivity contribution in [3.63, 3.8) is 0 Å². The largest absolute Gasteiger partial charge is 0.321 e. The summed E-state index contributed by atoms with van der Waals surface area (Å²) in [5, 5.41) is 0. The molecule has 0 aromatic heterocycles. The van der Waals surface area contributed by atoms with Crippen molar-refractivity contribution in [2.75, 3.05) is 5.75 Å². The molecule has 1 atom stereocenters. The van der Waals surface area contributed by atoms with Gasteiger partial charge in [0.2, 0.25) is 0 Å². The molecule has 0 aliphatic heterocycles. The molecule has 12 heavy (non-hydrogen) atoms. The van der Waals surface area contributed by atoms with E-state index in [0.29, 0.717) is 5.75 Å². The first-order valence-electron chi connectivity index (χ1n) is 3.71. The Kier molecular flexibility index (Phi) is 3.84. The van der Waals surface area contributed by atoms with Crippen LogP contribution in [0.3, 0.4) is 0 Å². The van der Waals surface area contributed by atoms with Crippen LogP contribution in [0.25, 0.3) is 0 Å². The summed E-state index contributed by atoms with van der Waals surface area (Å²) in [6, 6.07) is 9.55. The lowest BCUT2D eigenvalue weighted by molar-refractivity contribution is -0.108. The maximum atomic E-state index is 10.2. The first kappa shape index (κ1) is 9.29. The molecule has 1 aromatic carbocycles. The van der Waals surface area contributed by atoms with Crippen molar-refractivity contribution < 1.29 is 4.79 Å². The molecule has 0 spiro atoms. The molecule has 0 aliphatic carbocycles. The predicted octanol–water partition coefficient (Wildman–Crippen LogP) is 1.30. The summed E-state index contributed by atoms with van der Waals surface area (Å²) in [4.78, 5) is 11.3. The van der Waals surface area contributed by atoms with Crippen LogP contribution < -0.4 is 5.73 Å². The summed E-state index contributed by atoms with van der Waals surface area (Å²) < 4.78 is 0. The highest BCUT2D eigenvalue weighted by Crippen LogP contribution is 2.16. The lowest BCUT2D eigenvalue weighted by Gasteiger charge is -2.02. The summed E-state index contributed by atoms with van der Waals surface area (Å²) in [5.41, 5.74) is 5.43. The minimum absolute atomic E-state index is 0.352. The van der Waals surface area contributed by atoms with E-state index >= 15 is 0 Å². The van der Waals surface area contributed by atoms with Gasteiger partial charge in [-0.3, -0.25) is 0 Å². The molecule has 0 amide bonds. The number of hydrogen-bond acceptors (Lipinski definition) is 3. The van der Waals surface area contributed by atoms with Gasteiger partial charge in [-0.15, -0.1) is 11.8 Å². The van der Waals surface area contributed by atoms with Crippen LogP contribution in [0.15, 0.2) is 35.2 Å². The Labute approximate surface area is 76.2 Å². The van der Waals surface area contributed by atoms with Crippen LogP contribution in [0.5, 0.6) is 0 Å². The minimum atomic E-state index is -0.352. The summed E-state index contributed by atoms with van der Waals surface area (Å²) in [5.74, 6) is 0.646. The molecule has 2 nitrogen and oxygen atoms in total. The molecular formula is C9H11NOS. The Hall–Kier alpha value is -0.800. The molecule has 0 heterocycles. The van der Waals surface area contributed by atoms with Crippen LogP contribution in [0.4, 0.5) is 0 Å². The van der Waals surface area contributed by atoms with Gasteiger partial charge in [0.15, 0.2) is 0 Å². The summed E-state index contributed by atoms with van der Waals surface area (Å²) >= 11 is 1.60. The average molecular weight is 181 g/mol. The number of nitrogens with two attached hydrogens (primary N) is 1. The van der Waals surface area contributed by atoms with Crippen molar-refractivity contribution in [1.29, 1.82) is 0 Å². The fourth-order valence-corrected chi connectivity index (χ4v) is 1.56. The van der Waals surface area contributed by atoms with E-state index in [2.05, 4.69) is 0 Å². The summed E-state index contributed by atoms with van der Waals surface area (Å²) in [7, 11) is 0. The molecule has 3 heteroatoms. The molecule has 0 fully saturated rings. The van der Waals surface area contributed by atoms with Gasteiger partial charge in [0.05, 0.1) is 6.04 Å². The number of thioether (sulfide) groups is 1. The fourth-order valence-electron chi connectivity index (χ4n) is 0.748. The van der Waals surface area contributed by atoms with E-state index in [1.54, 1.807) is 11.8 Å². The number of hydrogen-bond donors (Lipinski definition) is 1. The van der Waals surface area contributed by atoms with Gasteiger partial charge >= 0.3 is 0 Å². The van der Waals surface area contributed by atoms with Crippen LogP contribution in [0, 0.1) is 0 Å². The lowest BCUT2D eigenvalue weighted by atomic mass is 10.4. The quantitative estimate of drug-likeness (QED) is 0.562. The van der Waals surface area contributed by atoms with Gasteiger partial charge in [0.25, 0.3) is 0 Å². The van der Waals surface area contributed by atoms with E-state index in [1.807, 2.05) is 30.3 Å². The Morgan fingerprint density at radius 1 is 1.42 bits per heavy atom. The van der Waals surface area contributed by atoms with Crippen molar-refractivity contribution in [2.45, 2.75) is 10.9 Å². The highest BCUT2D eigenvalue weighted by atomic mass is 32.2. The topological polar surface area (TPSA) is 43.1 Å². The zero-order valence-electron chi connectivity index (χ0n) is 6.64. The molecule has 0 bridgehead atoms. The highest BCUT2D eigenvalue weighted by molar-refractivity contribution is 7.99. The maximum Gasteiger partial charge on any atom is 0.137 e. The van der Waals surface area contributed by atoms with Crippen LogP contribution in [0.1, 0.15) is 0 Å². The van der Waals surface area contributed by atoms with Crippen LogP contribution in [0.2, 0.25) is 0 Å². The number of carbonyl (C=O) groups excluding carboxylic acids is 1. The van der Waals surface area contributed by atoms with Gasteiger partial charge in [-0.1, -0.05) is 18.2 Å². The normalized spacial score (nSPS) is 12.4. The van der Waals surface area contributed by atoms with E-state index < -0.39 is 0 Å². The third-order valence-electron chi connectivity index (χ3n) is 1.36. The van der Waals surface area contributed by atoms with Crippen LogP contribution in [-0.4, -0.2) is 18.1 Å². The van der Waals surface area contributed by atoms with Crippen LogP contribution >= 0.6 is 11.8 Å². The van der Waals surface area contributed by atoms with Crippen molar-refractivity contribution in [2.24, 2.45) is 5.73 Å². The first-order chi connectivity index (χ1) is 5.83. The summed E-state index contributed by atoms with van der Waals surface area (Å²) in [6.45, 7) is 0. The van der Waals surface area contributed by atoms with Crippen molar-refractivity contribution in [3.8, 4) is 0 Å². The van der Waals surface area contributed by atoms with Crippen molar-refractivity contribution in [3.05, 3.63) is 30.3 Å². The zero-order chi connectivity index (χ0) is 8.81. The molecular weight excluding hydrogens is 170 g/mol. The Bertz CT molecular complexity index is 238. The zero-order valence-corrected chi connectivity index (χ0v) is 7.46. The predicted molar refractivity (Wildman–Crippen MR) is 51.2 cm³/mol. The third-order valence-corrected chi connectivity index (χ3v) is 2.52. The Morgan fingerprint density at radius 2 is 2.08 bits per heavy atom. The standard InChI is InChI=1S/C9H11NOS/c10-8(6-11)7-12-9-4-2-1-3-5-9/h1-6,8H,7,10H2. The van der Waals surface area contributed by atoms with Gasteiger partial charge in [-0.25, -0.2) is 0 Å².